The summed E-state index contributed by atoms with van der Waals surface area (Å²) in [6.45, 7) is 0. The summed E-state index contributed by atoms with van der Waals surface area (Å²) >= 11 is 0. The molecule has 0 amide bonds. The van der Waals surface area contributed by atoms with Crippen LogP contribution in [-0.2, 0) is 10.0 Å². The van der Waals surface area contributed by atoms with Crippen molar-refractivity contribution in [3.8, 4) is 11.1 Å². The molecular formula is C19H14N2O3S. The van der Waals surface area contributed by atoms with Crippen molar-refractivity contribution in [1.82, 2.24) is 5.16 Å². The zero-order valence-electron chi connectivity index (χ0n) is 13.1. The summed E-state index contributed by atoms with van der Waals surface area (Å²) in [4.78, 5) is 0.168. The fraction of sp³-hybridized carbons (Fsp3) is 0. The lowest BCUT2D eigenvalue weighted by molar-refractivity contribution is 0.460. The minimum absolute atomic E-state index is 0.168. The molecule has 0 fully saturated rings. The maximum atomic E-state index is 12.7. The number of hydrogen-bond donors (Lipinski definition) is 1. The van der Waals surface area contributed by atoms with Crippen LogP contribution in [0.4, 0.5) is 5.82 Å². The number of benzene rings is 3. The minimum atomic E-state index is -3.78. The van der Waals surface area contributed by atoms with E-state index in [1.165, 1.54) is 0 Å². The van der Waals surface area contributed by atoms with Crippen molar-refractivity contribution in [2.45, 2.75) is 4.90 Å². The number of hydrogen-bond acceptors (Lipinski definition) is 4. The Kier molecular flexibility index (Phi) is 3.74. The molecule has 25 heavy (non-hydrogen) atoms. The average Bonchev–Trinajstić information content (AvgIpc) is 3.05. The van der Waals surface area contributed by atoms with Gasteiger partial charge in [-0.3, -0.25) is 4.72 Å². The van der Waals surface area contributed by atoms with Gasteiger partial charge in [-0.25, -0.2) is 8.42 Å². The van der Waals surface area contributed by atoms with Crippen molar-refractivity contribution in [2.24, 2.45) is 0 Å². The summed E-state index contributed by atoms with van der Waals surface area (Å²) in [6.07, 6.45) is 0. The molecule has 1 aromatic heterocycles. The molecule has 1 N–H and O–H groups in total. The summed E-state index contributed by atoms with van der Waals surface area (Å²) in [7, 11) is -3.78. The van der Waals surface area contributed by atoms with Crippen LogP contribution in [0.1, 0.15) is 0 Å². The predicted octanol–water partition coefficient (Wildman–Crippen LogP) is 4.30. The van der Waals surface area contributed by atoms with Crippen molar-refractivity contribution in [2.75, 3.05) is 4.72 Å². The van der Waals surface area contributed by atoms with Gasteiger partial charge in [-0.05, 0) is 35.4 Å². The van der Waals surface area contributed by atoms with Crippen molar-refractivity contribution >= 4 is 26.8 Å². The van der Waals surface area contributed by atoms with Gasteiger partial charge in [0.15, 0.2) is 11.4 Å². The average molecular weight is 350 g/mol. The van der Waals surface area contributed by atoms with Gasteiger partial charge in [0, 0.05) is 0 Å². The van der Waals surface area contributed by atoms with Gasteiger partial charge in [-0.1, -0.05) is 59.8 Å². The number of nitrogens with zero attached hydrogens (tertiary/aromatic N) is 1. The first-order chi connectivity index (χ1) is 12.1. The highest BCUT2D eigenvalue weighted by atomic mass is 32.2. The van der Waals surface area contributed by atoms with Gasteiger partial charge in [0.2, 0.25) is 0 Å². The normalized spacial score (nSPS) is 11.5. The van der Waals surface area contributed by atoms with E-state index in [4.69, 9.17) is 4.52 Å². The van der Waals surface area contributed by atoms with Crippen molar-refractivity contribution in [1.29, 1.82) is 0 Å². The third kappa shape index (κ3) is 2.99. The van der Waals surface area contributed by atoms with E-state index in [0.717, 1.165) is 11.1 Å². The molecule has 0 saturated carbocycles. The molecule has 0 spiro atoms. The lowest BCUT2D eigenvalue weighted by atomic mass is 10.1. The number of para-hydroxylation sites is 1. The fourth-order valence-corrected chi connectivity index (χ4v) is 3.68. The second-order valence-corrected chi connectivity index (χ2v) is 7.21. The van der Waals surface area contributed by atoms with E-state index in [1.54, 1.807) is 42.5 Å². The Labute approximate surface area is 145 Å². The van der Waals surface area contributed by atoms with E-state index in [1.807, 2.05) is 36.4 Å². The zero-order chi connectivity index (χ0) is 17.3. The van der Waals surface area contributed by atoms with Crippen LogP contribution in [0.25, 0.3) is 22.1 Å². The molecule has 4 rings (SSSR count). The third-order valence-electron chi connectivity index (χ3n) is 3.86. The molecule has 0 saturated heterocycles. The molecule has 0 unspecified atom stereocenters. The van der Waals surface area contributed by atoms with Crippen LogP contribution in [-0.4, -0.2) is 13.6 Å². The van der Waals surface area contributed by atoms with Gasteiger partial charge in [-0.15, -0.1) is 0 Å². The van der Waals surface area contributed by atoms with E-state index in [-0.39, 0.29) is 10.7 Å². The Morgan fingerprint density at radius 1 is 0.800 bits per heavy atom. The highest BCUT2D eigenvalue weighted by Gasteiger charge is 2.18. The monoisotopic (exact) mass is 350 g/mol. The Morgan fingerprint density at radius 2 is 1.52 bits per heavy atom. The van der Waals surface area contributed by atoms with E-state index < -0.39 is 10.0 Å². The summed E-state index contributed by atoms with van der Waals surface area (Å²) < 4.78 is 33.1. The van der Waals surface area contributed by atoms with Crippen LogP contribution in [0.15, 0.2) is 88.3 Å². The number of anilines is 1. The van der Waals surface area contributed by atoms with Crippen molar-refractivity contribution in [3.05, 3.63) is 78.9 Å². The van der Waals surface area contributed by atoms with E-state index in [2.05, 4.69) is 9.88 Å². The van der Waals surface area contributed by atoms with Crippen LogP contribution in [0, 0.1) is 0 Å². The largest absolute Gasteiger partial charge is 0.354 e. The maximum absolute atomic E-state index is 12.7. The fourth-order valence-electron chi connectivity index (χ4n) is 2.62. The van der Waals surface area contributed by atoms with Gasteiger partial charge in [-0.2, -0.15) is 0 Å². The molecule has 5 nitrogen and oxygen atoms in total. The number of sulfonamides is 1. The highest BCUT2D eigenvalue weighted by molar-refractivity contribution is 7.92. The van der Waals surface area contributed by atoms with Crippen LogP contribution in [0.5, 0.6) is 0 Å². The number of nitrogens with one attached hydrogen (secondary N) is 1. The van der Waals surface area contributed by atoms with E-state index in [0.29, 0.717) is 11.0 Å². The zero-order valence-corrected chi connectivity index (χ0v) is 13.9. The Hall–Kier alpha value is -3.12. The molecule has 0 bridgehead atoms. The molecule has 0 aliphatic rings. The lowest BCUT2D eigenvalue weighted by Gasteiger charge is -2.08. The number of rotatable bonds is 4. The second-order valence-electron chi connectivity index (χ2n) is 5.53. The molecule has 0 atom stereocenters. The first-order valence-corrected chi connectivity index (χ1v) is 9.14. The van der Waals surface area contributed by atoms with Crippen LogP contribution in [0.2, 0.25) is 0 Å². The van der Waals surface area contributed by atoms with Gasteiger partial charge >= 0.3 is 0 Å². The van der Waals surface area contributed by atoms with Crippen molar-refractivity contribution in [3.63, 3.8) is 0 Å². The molecule has 6 heteroatoms. The molecule has 3 aromatic carbocycles. The Balaban J connectivity index is 1.71. The van der Waals surface area contributed by atoms with Gasteiger partial charge < -0.3 is 4.52 Å². The van der Waals surface area contributed by atoms with Gasteiger partial charge in [0.25, 0.3) is 10.0 Å². The van der Waals surface area contributed by atoms with E-state index in [9.17, 15) is 8.42 Å². The molecule has 0 aliphatic heterocycles. The number of aromatic nitrogens is 1. The second kappa shape index (κ2) is 6.07. The standard InChI is InChI=1S/C19H14N2O3S/c22-25(23,21-19-17-11-4-5-12-18(17)24-20-19)16-10-6-9-15(13-16)14-7-2-1-3-8-14/h1-13H,(H,20,21). The number of fused-ring (bicyclic) bond motifs is 1. The first kappa shape index (κ1) is 15.4. The van der Waals surface area contributed by atoms with Crippen molar-refractivity contribution < 1.29 is 12.9 Å². The molecule has 124 valence electrons. The summed E-state index contributed by atoms with van der Waals surface area (Å²) in [6, 6.07) is 23.5. The molecule has 1 heterocycles. The van der Waals surface area contributed by atoms with Gasteiger partial charge in [0.1, 0.15) is 0 Å². The van der Waals surface area contributed by atoms with Crippen LogP contribution in [0.3, 0.4) is 0 Å². The molecule has 0 aliphatic carbocycles. The summed E-state index contributed by atoms with van der Waals surface area (Å²) in [5, 5.41) is 4.44. The Bertz CT molecular complexity index is 1140. The van der Waals surface area contributed by atoms with E-state index >= 15 is 0 Å². The maximum Gasteiger partial charge on any atom is 0.263 e. The molecular weight excluding hydrogens is 336 g/mol. The predicted molar refractivity (Wildman–Crippen MR) is 96.7 cm³/mol. The topological polar surface area (TPSA) is 72.2 Å². The summed E-state index contributed by atoms with van der Waals surface area (Å²) in [5.74, 6) is 0.181. The first-order valence-electron chi connectivity index (χ1n) is 7.66. The minimum Gasteiger partial charge on any atom is -0.354 e. The summed E-state index contributed by atoms with van der Waals surface area (Å²) in [5.41, 5.74) is 2.30. The quantitative estimate of drug-likeness (QED) is 0.596. The van der Waals surface area contributed by atoms with Crippen LogP contribution >= 0.6 is 0 Å². The SMILES string of the molecule is O=S(=O)(Nc1noc2ccccc12)c1cccc(-c2ccccc2)c1. The lowest BCUT2D eigenvalue weighted by Crippen LogP contribution is -2.13. The van der Waals surface area contributed by atoms with Gasteiger partial charge in [0.05, 0.1) is 10.3 Å². The molecule has 0 radical (unpaired) electrons. The molecule has 4 aromatic rings. The third-order valence-corrected chi connectivity index (χ3v) is 5.20. The Morgan fingerprint density at radius 3 is 2.36 bits per heavy atom. The van der Waals surface area contributed by atoms with Crippen LogP contribution < -0.4 is 4.72 Å². The highest BCUT2D eigenvalue weighted by Crippen LogP contribution is 2.26. The smallest absolute Gasteiger partial charge is 0.263 e.